The largest absolute Gasteiger partial charge is 0.492 e. The van der Waals surface area contributed by atoms with Gasteiger partial charge in [0.25, 0.3) is 5.56 Å². The number of aromatic nitrogens is 1. The number of rotatable bonds is 7. The summed E-state index contributed by atoms with van der Waals surface area (Å²) in [5, 5.41) is 31.0. The van der Waals surface area contributed by atoms with Crippen molar-refractivity contribution in [3.63, 3.8) is 0 Å². The average molecular weight is 629 g/mol. The molecule has 11 heteroatoms. The second kappa shape index (κ2) is 14.3. The predicted molar refractivity (Wildman–Crippen MR) is 175 cm³/mol. The summed E-state index contributed by atoms with van der Waals surface area (Å²) in [5.41, 5.74) is 9.59. The number of hydroxylamine groups is 2. The van der Waals surface area contributed by atoms with E-state index in [1.165, 1.54) is 6.07 Å². The number of allylic oxidation sites excluding steroid dienone is 3. The minimum absolute atomic E-state index is 0.190. The van der Waals surface area contributed by atoms with Gasteiger partial charge in [0, 0.05) is 11.1 Å². The van der Waals surface area contributed by atoms with Crippen LogP contribution in [0.2, 0.25) is 5.02 Å². The van der Waals surface area contributed by atoms with Gasteiger partial charge in [-0.15, -0.1) is 4.73 Å². The van der Waals surface area contributed by atoms with Crippen LogP contribution in [0.25, 0.3) is 0 Å². The summed E-state index contributed by atoms with van der Waals surface area (Å²) >= 11 is 5.86. The Hall–Kier alpha value is -5.45. The fourth-order valence-corrected chi connectivity index (χ4v) is 4.48. The van der Waals surface area contributed by atoms with Crippen LogP contribution in [0.3, 0.4) is 0 Å². The Labute approximate surface area is 265 Å². The van der Waals surface area contributed by atoms with Crippen molar-refractivity contribution in [3.8, 4) is 23.1 Å². The van der Waals surface area contributed by atoms with Gasteiger partial charge in [-0.1, -0.05) is 30.3 Å². The summed E-state index contributed by atoms with van der Waals surface area (Å²) in [4.78, 5) is 15.7. The summed E-state index contributed by atoms with van der Waals surface area (Å²) in [5.74, 6) is 1.55. The summed E-state index contributed by atoms with van der Waals surface area (Å²) < 4.78 is 11.6. The zero-order valence-electron chi connectivity index (χ0n) is 24.9. The molecule has 4 aromatic rings. The lowest BCUT2D eigenvalue weighted by Gasteiger charge is -2.24. The fraction of sp³-hybridized carbons (Fsp3) is 0.118. The Morgan fingerprint density at radius 3 is 2.20 bits per heavy atom. The molecule has 0 saturated carbocycles. The number of pyridine rings is 1. The van der Waals surface area contributed by atoms with Crippen LogP contribution in [0.1, 0.15) is 25.0 Å². The highest BCUT2D eigenvalue weighted by molar-refractivity contribution is 6.30. The molecule has 0 fully saturated rings. The molecule has 5 rings (SSSR count). The highest BCUT2D eigenvalue weighted by Crippen LogP contribution is 2.27. The Bertz CT molecular complexity index is 1840. The first-order valence-corrected chi connectivity index (χ1v) is 14.1. The number of hydrogen-bond acceptors (Lipinski definition) is 9. The smallest absolute Gasteiger partial charge is 0.286 e. The lowest BCUT2D eigenvalue weighted by Crippen LogP contribution is -2.23. The zero-order valence-corrected chi connectivity index (χ0v) is 25.7. The van der Waals surface area contributed by atoms with Crippen molar-refractivity contribution >= 4 is 28.7 Å². The number of aromatic hydroxyl groups is 1. The van der Waals surface area contributed by atoms with Crippen molar-refractivity contribution < 1.29 is 25.0 Å². The number of nitrogens with two attached hydrogens (primary N) is 1. The van der Waals surface area contributed by atoms with Gasteiger partial charge in [0.15, 0.2) is 0 Å². The molecule has 0 radical (unpaired) electrons. The Balaban J connectivity index is 0.000000210. The van der Waals surface area contributed by atoms with Crippen molar-refractivity contribution in [3.05, 3.63) is 141 Å². The Kier molecular flexibility index (Phi) is 10.4. The third kappa shape index (κ3) is 8.35. The first-order valence-electron chi connectivity index (χ1n) is 13.7. The first-order chi connectivity index (χ1) is 21.4. The van der Waals surface area contributed by atoms with E-state index in [9.17, 15) is 20.3 Å². The number of ether oxygens (including phenoxy) is 2. The summed E-state index contributed by atoms with van der Waals surface area (Å²) in [7, 11) is 0. The van der Waals surface area contributed by atoms with Crippen LogP contribution in [0, 0.1) is 6.92 Å². The molecule has 0 aliphatic carbocycles. The van der Waals surface area contributed by atoms with Crippen LogP contribution < -0.4 is 20.8 Å². The summed E-state index contributed by atoms with van der Waals surface area (Å²) in [6.45, 7) is 9.29. The van der Waals surface area contributed by atoms with Crippen LogP contribution in [0.5, 0.6) is 23.1 Å². The molecular formula is C34H33ClN4O6. The number of aliphatic imine (C=N–C) groups is 1. The predicted octanol–water partition coefficient (Wildman–Crippen LogP) is 7.38. The van der Waals surface area contributed by atoms with Crippen molar-refractivity contribution in [1.82, 2.24) is 9.79 Å². The molecule has 2 heterocycles. The number of halogens is 1. The topological polar surface area (TPSA) is 143 Å². The number of para-hydroxylation sites is 2. The van der Waals surface area contributed by atoms with Gasteiger partial charge in [0.05, 0.1) is 34.0 Å². The van der Waals surface area contributed by atoms with Crippen molar-refractivity contribution in [2.24, 2.45) is 4.99 Å². The second-order valence-corrected chi connectivity index (χ2v) is 10.5. The number of anilines is 1. The second-order valence-electron chi connectivity index (χ2n) is 10.1. The molecule has 1 aromatic heterocycles. The van der Waals surface area contributed by atoms with Crippen LogP contribution >= 0.6 is 11.6 Å². The molecule has 232 valence electrons. The van der Waals surface area contributed by atoms with E-state index in [1.54, 1.807) is 68.5 Å². The van der Waals surface area contributed by atoms with Gasteiger partial charge in [0.1, 0.15) is 23.9 Å². The van der Waals surface area contributed by atoms with Crippen LogP contribution in [0.15, 0.2) is 124 Å². The van der Waals surface area contributed by atoms with Gasteiger partial charge in [-0.05, 0) is 105 Å². The third-order valence-corrected chi connectivity index (χ3v) is 6.80. The van der Waals surface area contributed by atoms with Crippen molar-refractivity contribution in [2.45, 2.75) is 20.8 Å². The minimum Gasteiger partial charge on any atom is -0.492 e. The van der Waals surface area contributed by atoms with E-state index < -0.39 is 11.4 Å². The molecule has 0 saturated heterocycles. The number of nitrogens with zero attached hydrogens (tertiary/aromatic N) is 3. The first kappa shape index (κ1) is 32.5. The van der Waals surface area contributed by atoms with Crippen LogP contribution in [0.4, 0.5) is 11.4 Å². The van der Waals surface area contributed by atoms with Crippen molar-refractivity contribution in [1.29, 1.82) is 0 Å². The monoisotopic (exact) mass is 628 g/mol. The highest BCUT2D eigenvalue weighted by atomic mass is 35.5. The third-order valence-electron chi connectivity index (χ3n) is 6.55. The molecule has 5 N–H and O–H groups in total. The molecule has 0 amide bonds. The normalized spacial score (nSPS) is 13.0. The number of hydrogen-bond donors (Lipinski definition) is 4. The van der Waals surface area contributed by atoms with Gasteiger partial charge >= 0.3 is 0 Å². The maximum Gasteiger partial charge on any atom is 0.286 e. The summed E-state index contributed by atoms with van der Waals surface area (Å²) in [6, 6.07) is 22.7. The maximum atomic E-state index is 11.3. The molecule has 1 aliphatic rings. The van der Waals surface area contributed by atoms with E-state index in [0.29, 0.717) is 61.9 Å². The molecule has 0 bridgehead atoms. The molecule has 0 spiro atoms. The maximum absolute atomic E-state index is 11.3. The van der Waals surface area contributed by atoms with E-state index in [0.717, 1.165) is 10.6 Å². The van der Waals surface area contributed by atoms with Gasteiger partial charge in [-0.3, -0.25) is 15.0 Å². The quantitative estimate of drug-likeness (QED) is 0.0943. The molecule has 0 unspecified atom stereocenters. The lowest BCUT2D eigenvalue weighted by molar-refractivity contribution is -0.0239. The molecule has 3 aromatic carbocycles. The fourth-order valence-electron chi connectivity index (χ4n) is 4.35. The van der Waals surface area contributed by atoms with Gasteiger partial charge in [-0.2, -0.15) is 0 Å². The minimum atomic E-state index is -0.698. The van der Waals surface area contributed by atoms with Crippen molar-refractivity contribution in [2.75, 3.05) is 12.3 Å². The van der Waals surface area contributed by atoms with E-state index in [4.69, 9.17) is 26.8 Å². The van der Waals surface area contributed by atoms with E-state index in [1.807, 2.05) is 37.3 Å². The molecular weight excluding hydrogens is 596 g/mol. The Morgan fingerprint density at radius 2 is 1.56 bits per heavy atom. The van der Waals surface area contributed by atoms with Gasteiger partial charge in [0.2, 0.25) is 5.88 Å². The zero-order chi connectivity index (χ0) is 32.7. The van der Waals surface area contributed by atoms with Crippen LogP contribution in [-0.4, -0.2) is 37.6 Å². The standard InChI is InChI=1S/C20H18ClNO3.C14H15N3O3/c1-14-11-15(2)22(23)17(12-14)13-24-18-7-9-20(10-8-18)25-19-5-3-16(21)4-6-19;1-8-7-12(18)17(20)14(19)13(8)9(2)16-11-6-4-3-5-10(11)15/h3-12,23H,2,13H2,1H3;3-7,19-20H,15H2,1-2H3. The number of aryl methyl sites for hydroxylation is 1. The van der Waals surface area contributed by atoms with E-state index in [-0.39, 0.29) is 11.3 Å². The van der Waals surface area contributed by atoms with Crippen LogP contribution in [-0.2, 0) is 0 Å². The molecule has 45 heavy (non-hydrogen) atoms. The molecule has 0 atom stereocenters. The number of nitrogen functional groups attached to an aromatic ring is 1. The SMILES string of the molecule is C=C1C=C(C)C=C(COc2ccc(Oc3ccc(Cl)cc3)cc2)N1O.CC(=Nc1ccccc1N)c1c(C)cc(=O)n(O)c1O. The van der Waals surface area contributed by atoms with E-state index in [2.05, 4.69) is 11.6 Å². The van der Waals surface area contributed by atoms with E-state index >= 15 is 0 Å². The molecule has 1 aliphatic heterocycles. The average Bonchev–Trinajstić information content (AvgIpc) is 3.00. The number of benzene rings is 3. The van der Waals surface area contributed by atoms with Gasteiger partial charge in [-0.25, -0.2) is 5.06 Å². The lowest BCUT2D eigenvalue weighted by atomic mass is 10.1. The summed E-state index contributed by atoms with van der Waals surface area (Å²) in [6.07, 6.45) is 3.65. The molecule has 10 nitrogen and oxygen atoms in total. The van der Waals surface area contributed by atoms with Gasteiger partial charge < -0.3 is 25.5 Å². The Morgan fingerprint density at radius 1 is 0.956 bits per heavy atom. The highest BCUT2D eigenvalue weighted by Gasteiger charge is 2.16.